The van der Waals surface area contributed by atoms with Gasteiger partial charge in [0, 0.05) is 22.1 Å². The fourth-order valence-corrected chi connectivity index (χ4v) is 4.96. The van der Waals surface area contributed by atoms with Crippen molar-refractivity contribution < 1.29 is 13.2 Å². The lowest BCUT2D eigenvalue weighted by atomic mass is 9.79. The molecule has 0 bridgehead atoms. The SMILES string of the molecule is CS(=O)(=O)N[C@H]1CC[C@](Cc2cccc(Br)c2)(c2nccc(C=O)n2)C1. The summed E-state index contributed by atoms with van der Waals surface area (Å²) in [6, 6.07) is 9.42. The molecule has 0 saturated heterocycles. The number of sulfonamides is 1. The van der Waals surface area contributed by atoms with Crippen LogP contribution in [0.1, 0.15) is 41.1 Å². The zero-order valence-corrected chi connectivity index (χ0v) is 16.8. The Balaban J connectivity index is 1.97. The zero-order valence-electron chi connectivity index (χ0n) is 14.4. The number of halogens is 1. The molecule has 26 heavy (non-hydrogen) atoms. The highest BCUT2D eigenvalue weighted by Gasteiger charge is 2.43. The molecule has 6 nitrogen and oxygen atoms in total. The normalized spacial score (nSPS) is 23.1. The van der Waals surface area contributed by atoms with Crippen molar-refractivity contribution >= 4 is 32.2 Å². The highest BCUT2D eigenvalue weighted by Crippen LogP contribution is 2.42. The third-order valence-corrected chi connectivity index (χ3v) is 5.95. The standard InChI is InChI=1S/C18H20BrN3O3S/c1-26(24,25)22-15-5-7-18(11-15,10-13-3-2-4-14(19)9-13)17-20-8-6-16(12-23)21-17/h2-4,6,8-9,12,15,22H,5,7,10-11H2,1H3/t15-,18+/m0/s1. The lowest BCUT2D eigenvalue weighted by molar-refractivity contribution is 0.111. The van der Waals surface area contributed by atoms with Crippen LogP contribution in [-0.2, 0) is 21.9 Å². The second kappa shape index (κ2) is 7.54. The van der Waals surface area contributed by atoms with E-state index in [9.17, 15) is 13.2 Å². The van der Waals surface area contributed by atoms with E-state index >= 15 is 0 Å². The lowest BCUT2D eigenvalue weighted by Crippen LogP contribution is -2.35. The number of nitrogens with one attached hydrogen (secondary N) is 1. The van der Waals surface area contributed by atoms with Gasteiger partial charge in [0.2, 0.25) is 10.0 Å². The highest BCUT2D eigenvalue weighted by molar-refractivity contribution is 9.10. The van der Waals surface area contributed by atoms with Gasteiger partial charge < -0.3 is 0 Å². The molecule has 1 fully saturated rings. The first kappa shape index (κ1) is 19.1. The monoisotopic (exact) mass is 437 g/mol. The number of carbonyl (C=O) groups is 1. The van der Waals surface area contributed by atoms with Crippen LogP contribution in [0.4, 0.5) is 0 Å². The summed E-state index contributed by atoms with van der Waals surface area (Å²) in [6.45, 7) is 0. The lowest BCUT2D eigenvalue weighted by Gasteiger charge is -2.28. The Morgan fingerprint density at radius 2 is 2.19 bits per heavy atom. The van der Waals surface area contributed by atoms with Gasteiger partial charge in [-0.3, -0.25) is 4.79 Å². The second-order valence-corrected chi connectivity index (χ2v) is 9.54. The first-order valence-electron chi connectivity index (χ1n) is 8.30. The van der Waals surface area contributed by atoms with E-state index in [1.165, 1.54) is 6.26 Å². The maximum atomic E-state index is 11.6. The van der Waals surface area contributed by atoms with Crippen molar-refractivity contribution in [2.45, 2.75) is 37.1 Å². The van der Waals surface area contributed by atoms with Gasteiger partial charge in [0.05, 0.1) is 6.26 Å². The molecule has 1 aromatic carbocycles. The van der Waals surface area contributed by atoms with Crippen LogP contribution in [-0.4, -0.2) is 37.0 Å². The average molecular weight is 438 g/mol. The van der Waals surface area contributed by atoms with Crippen LogP contribution in [0.2, 0.25) is 0 Å². The van der Waals surface area contributed by atoms with E-state index < -0.39 is 15.4 Å². The number of aldehydes is 1. The fraction of sp³-hybridized carbons (Fsp3) is 0.389. The van der Waals surface area contributed by atoms with Gasteiger partial charge in [-0.05, 0) is 49.4 Å². The van der Waals surface area contributed by atoms with E-state index in [2.05, 4.69) is 30.6 Å². The van der Waals surface area contributed by atoms with Crippen LogP contribution in [0.25, 0.3) is 0 Å². The summed E-state index contributed by atoms with van der Waals surface area (Å²) in [5, 5.41) is 0. The molecule has 138 valence electrons. The number of carbonyl (C=O) groups excluding carboxylic acids is 1. The molecule has 0 unspecified atom stereocenters. The third-order valence-electron chi connectivity index (χ3n) is 4.69. The molecule has 8 heteroatoms. The van der Waals surface area contributed by atoms with Crippen molar-refractivity contribution in [3.05, 3.63) is 58.1 Å². The van der Waals surface area contributed by atoms with E-state index in [1.807, 2.05) is 24.3 Å². The number of aromatic nitrogens is 2. The van der Waals surface area contributed by atoms with Gasteiger partial charge in [0.25, 0.3) is 0 Å². The molecule has 1 saturated carbocycles. The molecule has 0 amide bonds. The average Bonchev–Trinajstić information content (AvgIpc) is 2.97. The predicted molar refractivity (Wildman–Crippen MR) is 103 cm³/mol. The third kappa shape index (κ3) is 4.55. The summed E-state index contributed by atoms with van der Waals surface area (Å²) >= 11 is 3.49. The van der Waals surface area contributed by atoms with Crippen LogP contribution in [0.5, 0.6) is 0 Å². The number of benzene rings is 1. The predicted octanol–water partition coefficient (Wildman–Crippen LogP) is 2.63. The summed E-state index contributed by atoms with van der Waals surface area (Å²) in [6.07, 6.45) is 6.19. The molecule has 1 heterocycles. The smallest absolute Gasteiger partial charge is 0.208 e. The van der Waals surface area contributed by atoms with E-state index in [4.69, 9.17) is 0 Å². The second-order valence-electron chi connectivity index (χ2n) is 6.84. The van der Waals surface area contributed by atoms with Crippen molar-refractivity contribution in [2.75, 3.05) is 6.26 Å². The van der Waals surface area contributed by atoms with Gasteiger partial charge >= 0.3 is 0 Å². The van der Waals surface area contributed by atoms with Gasteiger partial charge in [0.15, 0.2) is 6.29 Å². The van der Waals surface area contributed by atoms with E-state index in [1.54, 1.807) is 12.3 Å². The van der Waals surface area contributed by atoms with Gasteiger partial charge in [0.1, 0.15) is 11.5 Å². The van der Waals surface area contributed by atoms with Crippen LogP contribution in [0.15, 0.2) is 41.0 Å². The van der Waals surface area contributed by atoms with Crippen molar-refractivity contribution in [1.82, 2.24) is 14.7 Å². The molecule has 3 rings (SSSR count). The minimum Gasteiger partial charge on any atom is -0.296 e. The first-order chi connectivity index (χ1) is 12.3. The molecule has 2 atom stereocenters. The fourth-order valence-electron chi connectivity index (χ4n) is 3.70. The summed E-state index contributed by atoms with van der Waals surface area (Å²) in [4.78, 5) is 20.0. The van der Waals surface area contributed by atoms with Gasteiger partial charge in [-0.1, -0.05) is 28.1 Å². The van der Waals surface area contributed by atoms with Gasteiger partial charge in [-0.15, -0.1) is 0 Å². The van der Waals surface area contributed by atoms with Crippen LogP contribution in [0.3, 0.4) is 0 Å². The molecule has 0 radical (unpaired) electrons. The van der Waals surface area contributed by atoms with E-state index in [-0.39, 0.29) is 6.04 Å². The largest absolute Gasteiger partial charge is 0.296 e. The summed E-state index contributed by atoms with van der Waals surface area (Å²) < 4.78 is 27.0. The van der Waals surface area contributed by atoms with Crippen molar-refractivity contribution in [3.63, 3.8) is 0 Å². The van der Waals surface area contributed by atoms with Crippen molar-refractivity contribution in [1.29, 1.82) is 0 Å². The van der Waals surface area contributed by atoms with Crippen molar-refractivity contribution in [3.8, 4) is 0 Å². The Bertz CT molecular complexity index is 919. The molecular weight excluding hydrogens is 418 g/mol. The minimum absolute atomic E-state index is 0.166. The number of hydrogen-bond acceptors (Lipinski definition) is 5. The molecule has 1 aliphatic carbocycles. The van der Waals surface area contributed by atoms with Crippen LogP contribution in [0, 0.1) is 0 Å². The molecular formula is C18H20BrN3O3S. The van der Waals surface area contributed by atoms with Crippen LogP contribution >= 0.6 is 15.9 Å². The summed E-state index contributed by atoms with van der Waals surface area (Å²) in [7, 11) is -3.29. The molecule has 1 N–H and O–H groups in total. The maximum Gasteiger partial charge on any atom is 0.208 e. The van der Waals surface area contributed by atoms with Crippen LogP contribution < -0.4 is 4.72 Å². The maximum absolute atomic E-state index is 11.6. The van der Waals surface area contributed by atoms with E-state index in [0.29, 0.717) is 37.1 Å². The number of rotatable bonds is 6. The quantitative estimate of drug-likeness (QED) is 0.701. The summed E-state index contributed by atoms with van der Waals surface area (Å²) in [5.74, 6) is 0.597. The van der Waals surface area contributed by atoms with Crippen molar-refractivity contribution in [2.24, 2.45) is 0 Å². The van der Waals surface area contributed by atoms with Gasteiger partial charge in [-0.2, -0.15) is 0 Å². The molecule has 1 aromatic heterocycles. The van der Waals surface area contributed by atoms with E-state index in [0.717, 1.165) is 16.5 Å². The molecule has 0 spiro atoms. The Morgan fingerprint density at radius 3 is 2.88 bits per heavy atom. The zero-order chi connectivity index (χ0) is 18.8. The molecule has 2 aromatic rings. The summed E-state index contributed by atoms with van der Waals surface area (Å²) in [5.41, 5.74) is 1.03. The first-order valence-corrected chi connectivity index (χ1v) is 11.0. The number of nitrogens with zero attached hydrogens (tertiary/aromatic N) is 2. The molecule has 1 aliphatic rings. The number of hydrogen-bond donors (Lipinski definition) is 1. The highest BCUT2D eigenvalue weighted by atomic mass is 79.9. The Labute approximate surface area is 161 Å². The Morgan fingerprint density at radius 1 is 1.38 bits per heavy atom. The molecule has 0 aliphatic heterocycles. The minimum atomic E-state index is -3.29. The topological polar surface area (TPSA) is 89.0 Å². The van der Waals surface area contributed by atoms with Gasteiger partial charge in [-0.25, -0.2) is 23.1 Å². The Hall–Kier alpha value is -1.64. The Kier molecular flexibility index (Phi) is 5.55.